The number of aromatic nitrogens is 5. The van der Waals surface area contributed by atoms with Crippen molar-refractivity contribution in [3.05, 3.63) is 59.2 Å². The van der Waals surface area contributed by atoms with Crippen LogP contribution < -0.4 is 0 Å². The van der Waals surface area contributed by atoms with Crippen LogP contribution in [0.5, 0.6) is 0 Å². The fraction of sp³-hybridized carbons (Fsp3) is 0.594. The van der Waals surface area contributed by atoms with Gasteiger partial charge in [-0.05, 0) is 69.6 Å². The monoisotopic (exact) mass is 573 g/mol. The molecule has 3 aromatic rings. The highest BCUT2D eigenvalue weighted by molar-refractivity contribution is 5.91. The van der Waals surface area contributed by atoms with Crippen molar-refractivity contribution in [3.63, 3.8) is 0 Å². The summed E-state index contributed by atoms with van der Waals surface area (Å²) in [5, 5.41) is 13.1. The second-order valence-electron chi connectivity index (χ2n) is 12.1. The number of hydrogen-bond donors (Lipinski definition) is 0. The standard InChI is InChI=1S/C32H43N7O3/c1-4-10-24-13-6-7-16-38(24)32(41)37-15-9-12-23(20-37)22-11-8-14-25(17-22)39-30(28(19-33-39)31(40)42-5-2)27-18-26(27)29-21-36(3)35-34-29/h8,11,14,17,19,21,23-24,26-27H,4-7,9-10,12-13,15-16,18,20H2,1-3H3/t23?,24-,26-,27-/m1/s1. The van der Waals surface area contributed by atoms with E-state index >= 15 is 0 Å². The summed E-state index contributed by atoms with van der Waals surface area (Å²) in [5.74, 6) is 0.208. The largest absolute Gasteiger partial charge is 0.462 e. The van der Waals surface area contributed by atoms with Gasteiger partial charge in [0.15, 0.2) is 0 Å². The summed E-state index contributed by atoms with van der Waals surface area (Å²) >= 11 is 0. The van der Waals surface area contributed by atoms with Crippen molar-refractivity contribution in [2.45, 2.75) is 89.0 Å². The molecule has 3 aliphatic rings. The van der Waals surface area contributed by atoms with Crippen LogP contribution in [0.25, 0.3) is 5.69 Å². The lowest BCUT2D eigenvalue weighted by atomic mass is 9.90. The van der Waals surface area contributed by atoms with Gasteiger partial charge in [0.2, 0.25) is 0 Å². The van der Waals surface area contributed by atoms with Gasteiger partial charge in [-0.3, -0.25) is 4.68 Å². The molecule has 4 heterocycles. The predicted octanol–water partition coefficient (Wildman–Crippen LogP) is 5.40. The van der Waals surface area contributed by atoms with E-state index < -0.39 is 0 Å². The van der Waals surface area contributed by atoms with Crippen LogP contribution in [0.2, 0.25) is 0 Å². The minimum absolute atomic E-state index is 0.107. The fourth-order valence-corrected chi connectivity index (χ4v) is 7.05. The third-order valence-electron chi connectivity index (χ3n) is 9.22. The number of piperidine rings is 2. The van der Waals surface area contributed by atoms with Crippen molar-refractivity contribution in [1.82, 2.24) is 34.6 Å². The summed E-state index contributed by atoms with van der Waals surface area (Å²) < 4.78 is 9.02. The van der Waals surface area contributed by atoms with Crippen LogP contribution in [0.4, 0.5) is 4.79 Å². The summed E-state index contributed by atoms with van der Waals surface area (Å²) in [7, 11) is 1.86. The zero-order valence-electron chi connectivity index (χ0n) is 25.1. The highest BCUT2D eigenvalue weighted by Crippen LogP contribution is 2.55. The van der Waals surface area contributed by atoms with E-state index in [1.807, 2.05) is 30.9 Å². The smallest absolute Gasteiger partial charge is 0.341 e. The highest BCUT2D eigenvalue weighted by atomic mass is 16.5. The molecular formula is C32H43N7O3. The first-order valence-electron chi connectivity index (χ1n) is 15.8. The number of ether oxygens (including phenoxy) is 1. The molecule has 42 heavy (non-hydrogen) atoms. The van der Waals surface area contributed by atoms with Gasteiger partial charge in [-0.25, -0.2) is 14.3 Å². The molecular weight excluding hydrogens is 530 g/mol. The van der Waals surface area contributed by atoms with Crippen LogP contribution >= 0.6 is 0 Å². The van der Waals surface area contributed by atoms with Crippen LogP contribution in [-0.2, 0) is 11.8 Å². The maximum Gasteiger partial charge on any atom is 0.341 e. The quantitative estimate of drug-likeness (QED) is 0.335. The highest BCUT2D eigenvalue weighted by Gasteiger charge is 2.46. The number of urea groups is 1. The third kappa shape index (κ3) is 5.68. The number of esters is 1. The molecule has 2 aromatic heterocycles. The van der Waals surface area contributed by atoms with Gasteiger partial charge in [-0.2, -0.15) is 5.10 Å². The molecule has 4 atom stereocenters. The van der Waals surface area contributed by atoms with Crippen LogP contribution in [-0.4, -0.2) is 78.9 Å². The lowest BCUT2D eigenvalue weighted by Crippen LogP contribution is -2.52. The molecule has 1 aliphatic carbocycles. The number of benzene rings is 1. The van der Waals surface area contributed by atoms with Crippen LogP contribution in [0.1, 0.15) is 110 Å². The second kappa shape index (κ2) is 12.3. The van der Waals surface area contributed by atoms with Gasteiger partial charge in [0.05, 0.1) is 29.9 Å². The van der Waals surface area contributed by atoms with Crippen molar-refractivity contribution in [3.8, 4) is 5.69 Å². The number of aryl methyl sites for hydroxylation is 1. The summed E-state index contributed by atoms with van der Waals surface area (Å²) in [6.07, 6.45) is 12.1. The van der Waals surface area contributed by atoms with E-state index in [1.165, 1.54) is 12.0 Å². The maximum absolute atomic E-state index is 13.7. The zero-order valence-corrected chi connectivity index (χ0v) is 25.1. The molecule has 0 bridgehead atoms. The molecule has 0 spiro atoms. The van der Waals surface area contributed by atoms with Gasteiger partial charge in [-0.15, -0.1) is 5.10 Å². The van der Waals surface area contributed by atoms with E-state index in [4.69, 9.17) is 9.84 Å². The minimum atomic E-state index is -0.347. The van der Waals surface area contributed by atoms with E-state index in [-0.39, 0.29) is 29.8 Å². The Labute approximate surface area is 248 Å². The number of nitrogens with zero attached hydrogens (tertiary/aromatic N) is 7. The van der Waals surface area contributed by atoms with Crippen molar-refractivity contribution >= 4 is 12.0 Å². The summed E-state index contributed by atoms with van der Waals surface area (Å²) in [5.41, 5.74) is 4.44. The Morgan fingerprint density at radius 2 is 1.95 bits per heavy atom. The Morgan fingerprint density at radius 3 is 2.74 bits per heavy atom. The average Bonchev–Trinajstić information content (AvgIpc) is 3.46. The first kappa shape index (κ1) is 28.4. The number of carbonyl (C=O) groups is 2. The molecule has 6 rings (SSSR count). The van der Waals surface area contributed by atoms with Crippen molar-refractivity contribution < 1.29 is 14.3 Å². The van der Waals surface area contributed by atoms with Gasteiger partial charge >= 0.3 is 12.0 Å². The van der Waals surface area contributed by atoms with E-state index in [1.54, 1.807) is 10.9 Å². The maximum atomic E-state index is 13.7. The number of likely N-dealkylation sites (tertiary alicyclic amines) is 2. The molecule has 0 radical (unpaired) electrons. The summed E-state index contributed by atoms with van der Waals surface area (Å²) in [4.78, 5) is 30.9. The normalized spacial score (nSPS) is 24.1. The molecule has 1 aromatic carbocycles. The van der Waals surface area contributed by atoms with E-state index in [2.05, 4.69) is 45.2 Å². The van der Waals surface area contributed by atoms with Crippen LogP contribution in [0.15, 0.2) is 36.7 Å². The molecule has 2 aliphatic heterocycles. The van der Waals surface area contributed by atoms with Gasteiger partial charge in [0.1, 0.15) is 5.56 Å². The molecule has 0 N–H and O–H groups in total. The van der Waals surface area contributed by atoms with E-state index in [0.29, 0.717) is 18.2 Å². The van der Waals surface area contributed by atoms with Gasteiger partial charge < -0.3 is 14.5 Å². The fourth-order valence-electron chi connectivity index (χ4n) is 7.05. The van der Waals surface area contributed by atoms with Crippen molar-refractivity contribution in [1.29, 1.82) is 0 Å². The lowest BCUT2D eigenvalue weighted by molar-refractivity contribution is 0.0525. The Bertz CT molecular complexity index is 1410. The Balaban J connectivity index is 1.24. The first-order valence-corrected chi connectivity index (χ1v) is 15.8. The number of rotatable bonds is 8. The first-order chi connectivity index (χ1) is 20.5. The molecule has 1 unspecified atom stereocenters. The Morgan fingerprint density at radius 1 is 1.07 bits per heavy atom. The molecule has 3 fully saturated rings. The zero-order chi connectivity index (χ0) is 29.2. The van der Waals surface area contributed by atoms with Crippen LogP contribution in [0.3, 0.4) is 0 Å². The van der Waals surface area contributed by atoms with Crippen molar-refractivity contribution in [2.24, 2.45) is 7.05 Å². The van der Waals surface area contributed by atoms with Gasteiger partial charge in [0, 0.05) is 56.7 Å². The minimum Gasteiger partial charge on any atom is -0.462 e. The summed E-state index contributed by atoms with van der Waals surface area (Å²) in [6.45, 7) is 6.77. The second-order valence-corrected chi connectivity index (χ2v) is 12.1. The predicted molar refractivity (Wildman–Crippen MR) is 159 cm³/mol. The van der Waals surface area contributed by atoms with Gasteiger partial charge in [-0.1, -0.05) is 30.7 Å². The topological polar surface area (TPSA) is 98.4 Å². The molecule has 10 nitrogen and oxygen atoms in total. The third-order valence-corrected chi connectivity index (χ3v) is 9.22. The molecule has 10 heteroatoms. The molecule has 1 saturated carbocycles. The summed E-state index contributed by atoms with van der Waals surface area (Å²) in [6, 6.07) is 9.05. The van der Waals surface area contributed by atoms with Gasteiger partial charge in [0.25, 0.3) is 0 Å². The molecule has 2 saturated heterocycles. The van der Waals surface area contributed by atoms with E-state index in [9.17, 15) is 9.59 Å². The SMILES string of the molecule is CCC[C@@H]1CCCCN1C(=O)N1CCCC(c2cccc(-n3ncc(C(=O)OCC)c3[C@@H]3C[C@H]3c3cn(C)nn3)c2)C1. The number of hydrogen-bond acceptors (Lipinski definition) is 6. The molecule has 224 valence electrons. The van der Waals surface area contributed by atoms with E-state index in [0.717, 1.165) is 81.7 Å². The lowest BCUT2D eigenvalue weighted by Gasteiger charge is -2.41. The molecule has 2 amide bonds. The Hall–Kier alpha value is -3.69. The van der Waals surface area contributed by atoms with Crippen LogP contribution in [0, 0.1) is 0 Å². The average molecular weight is 574 g/mol. The number of carbonyl (C=O) groups excluding carboxylic acids is 2. The number of amides is 2. The Kier molecular flexibility index (Phi) is 8.31. The van der Waals surface area contributed by atoms with Crippen molar-refractivity contribution in [2.75, 3.05) is 26.2 Å².